The van der Waals surface area contributed by atoms with Gasteiger partial charge in [-0.2, -0.15) is 0 Å². The number of allylic oxidation sites excluding steroid dienone is 3. The second-order valence-corrected chi connectivity index (χ2v) is 5.62. The molecule has 1 aromatic carbocycles. The first-order valence-electron chi connectivity index (χ1n) is 8.13. The maximum absolute atomic E-state index is 4.15. The first-order chi connectivity index (χ1) is 9.79. The van der Waals surface area contributed by atoms with E-state index in [9.17, 15) is 0 Å². The number of unbranched alkanes of at least 4 members (excludes halogenated alkanes) is 3. The third kappa shape index (κ3) is 5.00. The largest absolute Gasteiger partial charge is 0.102 e. The van der Waals surface area contributed by atoms with Gasteiger partial charge in [0.2, 0.25) is 0 Å². The molecule has 110 valence electrons. The third-order valence-corrected chi connectivity index (χ3v) is 4.10. The summed E-state index contributed by atoms with van der Waals surface area (Å²) in [6.07, 6.45) is 15.4. The van der Waals surface area contributed by atoms with E-state index >= 15 is 0 Å². The van der Waals surface area contributed by atoms with Gasteiger partial charge in [-0.15, -0.1) is 6.58 Å². The zero-order valence-corrected chi connectivity index (χ0v) is 13.3. The average molecular weight is 270 g/mol. The van der Waals surface area contributed by atoms with Crippen LogP contribution in [-0.4, -0.2) is 0 Å². The fourth-order valence-electron chi connectivity index (χ4n) is 2.77. The number of rotatable bonds is 10. The van der Waals surface area contributed by atoms with Gasteiger partial charge in [0.05, 0.1) is 0 Å². The molecule has 0 spiro atoms. The maximum Gasteiger partial charge on any atom is 0.0164 e. The standard InChI is InChI=1S/C20H30/c1-4-7-9-14-18-20(6-3,17-13-8-5-2)19-15-11-10-12-16-19/h6,8,10-13,15-16H,3-5,7,9,14,17-18H2,1-2H3/b13-8+/t20-/m0/s1. The molecular formula is C20H30. The second-order valence-electron chi connectivity index (χ2n) is 5.62. The van der Waals surface area contributed by atoms with E-state index in [1.54, 1.807) is 0 Å². The molecular weight excluding hydrogens is 240 g/mol. The van der Waals surface area contributed by atoms with Gasteiger partial charge < -0.3 is 0 Å². The molecule has 0 aromatic heterocycles. The van der Waals surface area contributed by atoms with Crippen LogP contribution in [0.25, 0.3) is 0 Å². The number of hydrogen-bond donors (Lipinski definition) is 0. The minimum absolute atomic E-state index is 0.112. The van der Waals surface area contributed by atoms with Gasteiger partial charge in [0.15, 0.2) is 0 Å². The predicted molar refractivity (Wildman–Crippen MR) is 91.1 cm³/mol. The Kier molecular flexibility index (Phi) is 8.02. The molecule has 0 saturated carbocycles. The van der Waals surface area contributed by atoms with Crippen LogP contribution in [-0.2, 0) is 5.41 Å². The fourth-order valence-corrected chi connectivity index (χ4v) is 2.77. The van der Waals surface area contributed by atoms with E-state index in [1.165, 1.54) is 37.7 Å². The zero-order valence-electron chi connectivity index (χ0n) is 13.3. The molecule has 0 unspecified atom stereocenters. The van der Waals surface area contributed by atoms with E-state index in [0.717, 1.165) is 12.8 Å². The van der Waals surface area contributed by atoms with Gasteiger partial charge in [-0.1, -0.05) is 88.1 Å². The molecule has 0 bridgehead atoms. The van der Waals surface area contributed by atoms with E-state index in [-0.39, 0.29) is 5.41 Å². The van der Waals surface area contributed by atoms with E-state index < -0.39 is 0 Å². The summed E-state index contributed by atoms with van der Waals surface area (Å²) in [6.45, 7) is 8.61. The molecule has 1 atom stereocenters. The van der Waals surface area contributed by atoms with Crippen molar-refractivity contribution in [3.63, 3.8) is 0 Å². The number of benzene rings is 1. The predicted octanol–water partition coefficient (Wildman–Crippen LogP) is 6.44. The van der Waals surface area contributed by atoms with Crippen LogP contribution in [0.15, 0.2) is 55.1 Å². The van der Waals surface area contributed by atoms with Gasteiger partial charge in [0, 0.05) is 5.41 Å². The van der Waals surface area contributed by atoms with E-state index in [0.29, 0.717) is 0 Å². The molecule has 0 heteroatoms. The Balaban J connectivity index is 2.85. The van der Waals surface area contributed by atoms with Crippen molar-refractivity contribution in [2.24, 2.45) is 0 Å². The molecule has 20 heavy (non-hydrogen) atoms. The first kappa shape index (κ1) is 16.8. The van der Waals surface area contributed by atoms with Gasteiger partial charge in [0.1, 0.15) is 0 Å². The van der Waals surface area contributed by atoms with Crippen LogP contribution in [0.5, 0.6) is 0 Å². The Bertz CT molecular complexity index is 388. The van der Waals surface area contributed by atoms with E-state index in [2.05, 4.69) is 69.0 Å². The molecule has 0 nitrogen and oxygen atoms in total. The van der Waals surface area contributed by atoms with Crippen LogP contribution in [0.2, 0.25) is 0 Å². The molecule has 0 radical (unpaired) electrons. The third-order valence-electron chi connectivity index (χ3n) is 4.10. The average Bonchev–Trinajstić information content (AvgIpc) is 2.51. The van der Waals surface area contributed by atoms with Crippen molar-refractivity contribution in [2.75, 3.05) is 0 Å². The van der Waals surface area contributed by atoms with Crippen molar-refractivity contribution >= 4 is 0 Å². The summed E-state index contributed by atoms with van der Waals surface area (Å²) in [5, 5.41) is 0. The van der Waals surface area contributed by atoms with Crippen LogP contribution in [0, 0.1) is 0 Å². The highest BCUT2D eigenvalue weighted by Gasteiger charge is 2.26. The van der Waals surface area contributed by atoms with Crippen molar-refractivity contribution in [3.8, 4) is 0 Å². The van der Waals surface area contributed by atoms with Gasteiger partial charge in [-0.05, 0) is 24.8 Å². The van der Waals surface area contributed by atoms with Crippen molar-refractivity contribution in [2.45, 2.75) is 64.2 Å². The summed E-state index contributed by atoms with van der Waals surface area (Å²) in [6, 6.07) is 10.9. The molecule has 0 amide bonds. The highest BCUT2D eigenvalue weighted by molar-refractivity contribution is 5.31. The highest BCUT2D eigenvalue weighted by Crippen LogP contribution is 2.35. The Hall–Kier alpha value is -1.30. The maximum atomic E-state index is 4.15. The summed E-state index contributed by atoms with van der Waals surface area (Å²) >= 11 is 0. The van der Waals surface area contributed by atoms with Crippen LogP contribution in [0.4, 0.5) is 0 Å². The molecule has 1 rings (SSSR count). The lowest BCUT2D eigenvalue weighted by Gasteiger charge is -2.30. The Morgan fingerprint density at radius 3 is 2.35 bits per heavy atom. The van der Waals surface area contributed by atoms with Crippen molar-refractivity contribution in [1.82, 2.24) is 0 Å². The lowest BCUT2D eigenvalue weighted by atomic mass is 9.73. The van der Waals surface area contributed by atoms with Crippen LogP contribution in [0.3, 0.4) is 0 Å². The first-order valence-corrected chi connectivity index (χ1v) is 8.13. The minimum atomic E-state index is 0.112. The molecule has 1 aromatic rings. The van der Waals surface area contributed by atoms with E-state index in [1.807, 2.05) is 0 Å². The van der Waals surface area contributed by atoms with Crippen LogP contribution in [0.1, 0.15) is 64.4 Å². The molecule has 0 heterocycles. The molecule has 0 aliphatic heterocycles. The van der Waals surface area contributed by atoms with E-state index in [4.69, 9.17) is 0 Å². The molecule has 0 N–H and O–H groups in total. The summed E-state index contributed by atoms with van der Waals surface area (Å²) in [5.74, 6) is 0. The fraction of sp³-hybridized carbons (Fsp3) is 0.500. The molecule has 0 aliphatic carbocycles. The summed E-state index contributed by atoms with van der Waals surface area (Å²) in [7, 11) is 0. The van der Waals surface area contributed by atoms with Gasteiger partial charge in [-0.3, -0.25) is 0 Å². The van der Waals surface area contributed by atoms with Crippen molar-refractivity contribution in [3.05, 3.63) is 60.7 Å². The summed E-state index contributed by atoms with van der Waals surface area (Å²) < 4.78 is 0. The Morgan fingerprint density at radius 2 is 1.75 bits per heavy atom. The lowest BCUT2D eigenvalue weighted by Crippen LogP contribution is -2.22. The zero-order chi connectivity index (χ0) is 14.7. The number of hydrogen-bond acceptors (Lipinski definition) is 0. The van der Waals surface area contributed by atoms with Crippen molar-refractivity contribution in [1.29, 1.82) is 0 Å². The quantitative estimate of drug-likeness (QED) is 0.339. The lowest BCUT2D eigenvalue weighted by molar-refractivity contribution is 0.460. The van der Waals surface area contributed by atoms with Gasteiger partial charge in [-0.25, -0.2) is 0 Å². The summed E-state index contributed by atoms with van der Waals surface area (Å²) in [4.78, 5) is 0. The molecule has 0 saturated heterocycles. The minimum Gasteiger partial charge on any atom is -0.102 e. The van der Waals surface area contributed by atoms with Gasteiger partial charge in [0.25, 0.3) is 0 Å². The van der Waals surface area contributed by atoms with Crippen molar-refractivity contribution < 1.29 is 0 Å². The molecule has 0 aliphatic rings. The van der Waals surface area contributed by atoms with Crippen LogP contribution < -0.4 is 0 Å². The highest BCUT2D eigenvalue weighted by atomic mass is 14.3. The Morgan fingerprint density at radius 1 is 1.00 bits per heavy atom. The second kappa shape index (κ2) is 9.58. The molecule has 0 fully saturated rings. The van der Waals surface area contributed by atoms with Crippen LogP contribution >= 0.6 is 0 Å². The smallest absolute Gasteiger partial charge is 0.0164 e. The summed E-state index contributed by atoms with van der Waals surface area (Å²) in [5.41, 5.74) is 1.52. The topological polar surface area (TPSA) is 0 Å². The SMILES string of the molecule is C=C[C@](C/C=C/CC)(CCCCCC)c1ccccc1. The monoisotopic (exact) mass is 270 g/mol. The Labute approximate surface area is 125 Å². The van der Waals surface area contributed by atoms with Gasteiger partial charge >= 0.3 is 0 Å². The normalized spacial score (nSPS) is 14.3.